The van der Waals surface area contributed by atoms with Crippen molar-refractivity contribution in [3.63, 3.8) is 0 Å². The Hall–Kier alpha value is -0.610. The highest BCUT2D eigenvalue weighted by Crippen LogP contribution is 2.26. The van der Waals surface area contributed by atoms with Gasteiger partial charge in [-0.2, -0.15) is 0 Å². The van der Waals surface area contributed by atoms with Gasteiger partial charge in [0.2, 0.25) is 5.91 Å². The van der Waals surface area contributed by atoms with Gasteiger partial charge in [0.25, 0.3) is 0 Å². The zero-order chi connectivity index (χ0) is 14.5. The second kappa shape index (κ2) is 7.25. The van der Waals surface area contributed by atoms with Gasteiger partial charge in [0, 0.05) is 12.1 Å². The molecule has 4 heteroatoms. The smallest absolute Gasteiger partial charge is 0.237 e. The van der Waals surface area contributed by atoms with E-state index in [0.29, 0.717) is 12.1 Å². The van der Waals surface area contributed by atoms with Gasteiger partial charge in [0.15, 0.2) is 0 Å². The molecule has 112 valence electrons. The highest BCUT2D eigenvalue weighted by molar-refractivity contribution is 5.84. The molecule has 0 aliphatic carbocycles. The molecule has 0 bridgehead atoms. The zero-order valence-electron chi connectivity index (χ0n) is 13.0. The molecule has 0 aromatic heterocycles. The monoisotopic (exact) mass is 269 g/mol. The first kappa shape index (κ1) is 16.4. The number of nitrogens with zero attached hydrogens (tertiary/aromatic N) is 1. The van der Waals surface area contributed by atoms with Crippen LogP contribution in [0.5, 0.6) is 0 Å². The van der Waals surface area contributed by atoms with E-state index >= 15 is 0 Å². The molecule has 1 aliphatic heterocycles. The second-order valence-electron chi connectivity index (χ2n) is 6.12. The molecule has 1 saturated heterocycles. The topological polar surface area (TPSA) is 58.4 Å². The van der Waals surface area contributed by atoms with Gasteiger partial charge in [0.05, 0.1) is 5.54 Å². The average Bonchev–Trinajstić information content (AvgIpc) is 2.84. The lowest BCUT2D eigenvalue weighted by Crippen LogP contribution is -2.56. The van der Waals surface area contributed by atoms with E-state index in [1.807, 2.05) is 6.92 Å². The molecule has 0 aromatic rings. The van der Waals surface area contributed by atoms with Crippen molar-refractivity contribution in [3.8, 4) is 0 Å². The fourth-order valence-electron chi connectivity index (χ4n) is 3.25. The SMILES string of the molecule is CCCNC(C)(CC(C)N1CCCC1CC)C(N)=O. The Bertz CT molecular complexity index is 295. The number of carbonyl (C=O) groups excluding carboxylic acids is 1. The van der Waals surface area contributed by atoms with Gasteiger partial charge in [-0.25, -0.2) is 0 Å². The lowest BCUT2D eigenvalue weighted by molar-refractivity contribution is -0.124. The van der Waals surface area contributed by atoms with E-state index in [1.54, 1.807) is 0 Å². The number of likely N-dealkylation sites (tertiary alicyclic amines) is 1. The summed E-state index contributed by atoms with van der Waals surface area (Å²) in [4.78, 5) is 14.3. The summed E-state index contributed by atoms with van der Waals surface area (Å²) in [5, 5.41) is 3.33. The van der Waals surface area contributed by atoms with Crippen LogP contribution in [-0.2, 0) is 4.79 Å². The van der Waals surface area contributed by atoms with E-state index in [2.05, 4.69) is 31.0 Å². The standard InChI is InChI=1S/C15H31N3O/c1-5-9-17-15(4,14(16)19)11-12(3)18-10-7-8-13(18)6-2/h12-13,17H,5-11H2,1-4H3,(H2,16,19). The first-order chi connectivity index (χ1) is 8.94. The number of hydrogen-bond donors (Lipinski definition) is 2. The summed E-state index contributed by atoms with van der Waals surface area (Å²) in [7, 11) is 0. The fourth-order valence-corrected chi connectivity index (χ4v) is 3.25. The lowest BCUT2D eigenvalue weighted by Gasteiger charge is -2.36. The highest BCUT2D eigenvalue weighted by atomic mass is 16.1. The van der Waals surface area contributed by atoms with E-state index in [-0.39, 0.29) is 5.91 Å². The molecule has 3 N–H and O–H groups in total. The van der Waals surface area contributed by atoms with Gasteiger partial charge in [0.1, 0.15) is 0 Å². The van der Waals surface area contributed by atoms with Gasteiger partial charge in [-0.05, 0) is 59.0 Å². The number of rotatable bonds is 8. The number of amides is 1. The number of hydrogen-bond acceptors (Lipinski definition) is 3. The molecule has 0 aromatic carbocycles. The van der Waals surface area contributed by atoms with Crippen LogP contribution in [0, 0.1) is 0 Å². The Morgan fingerprint density at radius 2 is 2.21 bits per heavy atom. The van der Waals surface area contributed by atoms with Gasteiger partial charge in [-0.3, -0.25) is 9.69 Å². The Labute approximate surface area is 118 Å². The Morgan fingerprint density at radius 1 is 1.53 bits per heavy atom. The predicted octanol–water partition coefficient (Wildman–Crippen LogP) is 1.88. The normalized spacial score (nSPS) is 25.2. The summed E-state index contributed by atoms with van der Waals surface area (Å²) >= 11 is 0. The molecular formula is C15H31N3O. The first-order valence-corrected chi connectivity index (χ1v) is 7.75. The van der Waals surface area contributed by atoms with Crippen LogP contribution in [0.15, 0.2) is 0 Å². The average molecular weight is 269 g/mol. The molecule has 0 spiro atoms. The minimum atomic E-state index is -0.587. The summed E-state index contributed by atoms with van der Waals surface area (Å²) in [5.74, 6) is -0.236. The molecule has 1 fully saturated rings. The molecule has 1 aliphatic rings. The maximum atomic E-state index is 11.8. The molecular weight excluding hydrogens is 238 g/mol. The highest BCUT2D eigenvalue weighted by Gasteiger charge is 2.36. The maximum Gasteiger partial charge on any atom is 0.237 e. The third-order valence-corrected chi connectivity index (χ3v) is 4.47. The fraction of sp³-hybridized carbons (Fsp3) is 0.933. The number of primary amides is 1. The van der Waals surface area contributed by atoms with E-state index in [0.717, 1.165) is 25.9 Å². The number of nitrogens with one attached hydrogen (secondary N) is 1. The molecule has 3 unspecified atom stereocenters. The largest absolute Gasteiger partial charge is 0.368 e. The van der Waals surface area contributed by atoms with Crippen molar-refractivity contribution in [1.82, 2.24) is 10.2 Å². The van der Waals surface area contributed by atoms with Crippen molar-refractivity contribution in [2.24, 2.45) is 5.73 Å². The van der Waals surface area contributed by atoms with Crippen LogP contribution < -0.4 is 11.1 Å². The van der Waals surface area contributed by atoms with E-state index in [1.165, 1.54) is 19.3 Å². The van der Waals surface area contributed by atoms with Crippen LogP contribution in [0.4, 0.5) is 0 Å². The summed E-state index contributed by atoms with van der Waals surface area (Å²) in [6.07, 6.45) is 5.56. The third-order valence-electron chi connectivity index (χ3n) is 4.47. The Balaban J connectivity index is 2.65. The first-order valence-electron chi connectivity index (χ1n) is 7.75. The minimum Gasteiger partial charge on any atom is -0.368 e. The Kier molecular flexibility index (Phi) is 6.27. The molecule has 0 saturated carbocycles. The molecule has 19 heavy (non-hydrogen) atoms. The van der Waals surface area contributed by atoms with Gasteiger partial charge in [-0.1, -0.05) is 13.8 Å². The molecule has 0 radical (unpaired) electrons. The molecule has 3 atom stereocenters. The van der Waals surface area contributed by atoms with Crippen LogP contribution in [0.2, 0.25) is 0 Å². The van der Waals surface area contributed by atoms with Crippen LogP contribution in [0.3, 0.4) is 0 Å². The van der Waals surface area contributed by atoms with Crippen molar-refractivity contribution in [2.75, 3.05) is 13.1 Å². The maximum absolute atomic E-state index is 11.8. The van der Waals surface area contributed by atoms with Gasteiger partial charge in [-0.15, -0.1) is 0 Å². The summed E-state index contributed by atoms with van der Waals surface area (Å²) in [6.45, 7) is 10.5. The quantitative estimate of drug-likeness (QED) is 0.707. The molecule has 4 nitrogen and oxygen atoms in total. The summed E-state index contributed by atoms with van der Waals surface area (Å²) < 4.78 is 0. The van der Waals surface area contributed by atoms with Crippen LogP contribution in [-0.4, -0.2) is 41.5 Å². The summed E-state index contributed by atoms with van der Waals surface area (Å²) in [5.41, 5.74) is 5.02. The van der Waals surface area contributed by atoms with E-state index < -0.39 is 5.54 Å². The Morgan fingerprint density at radius 3 is 2.74 bits per heavy atom. The molecule has 1 rings (SSSR count). The van der Waals surface area contributed by atoms with E-state index in [4.69, 9.17) is 5.73 Å². The summed E-state index contributed by atoms with van der Waals surface area (Å²) in [6, 6.07) is 1.08. The van der Waals surface area contributed by atoms with Crippen molar-refractivity contribution in [1.29, 1.82) is 0 Å². The third kappa shape index (κ3) is 4.18. The second-order valence-corrected chi connectivity index (χ2v) is 6.12. The van der Waals surface area contributed by atoms with Crippen LogP contribution in [0.1, 0.15) is 59.8 Å². The zero-order valence-corrected chi connectivity index (χ0v) is 13.0. The minimum absolute atomic E-state index is 0.236. The lowest BCUT2D eigenvalue weighted by atomic mass is 9.91. The van der Waals surface area contributed by atoms with Crippen LogP contribution >= 0.6 is 0 Å². The van der Waals surface area contributed by atoms with Crippen molar-refractivity contribution in [3.05, 3.63) is 0 Å². The number of nitrogens with two attached hydrogens (primary N) is 1. The van der Waals surface area contributed by atoms with Crippen molar-refractivity contribution < 1.29 is 4.79 Å². The predicted molar refractivity (Wildman–Crippen MR) is 80.0 cm³/mol. The van der Waals surface area contributed by atoms with Gasteiger partial charge < -0.3 is 11.1 Å². The van der Waals surface area contributed by atoms with Crippen molar-refractivity contribution >= 4 is 5.91 Å². The van der Waals surface area contributed by atoms with E-state index in [9.17, 15) is 4.79 Å². The number of carbonyl (C=O) groups is 1. The van der Waals surface area contributed by atoms with Crippen molar-refractivity contribution in [2.45, 2.75) is 77.4 Å². The van der Waals surface area contributed by atoms with Gasteiger partial charge >= 0.3 is 0 Å². The van der Waals surface area contributed by atoms with Crippen LogP contribution in [0.25, 0.3) is 0 Å². The molecule has 1 heterocycles. The molecule has 1 amide bonds.